The van der Waals surface area contributed by atoms with Crippen molar-refractivity contribution in [2.45, 2.75) is 56.8 Å². The second kappa shape index (κ2) is 5.37. The van der Waals surface area contributed by atoms with Crippen LogP contribution in [0.4, 0.5) is 8.78 Å². The Bertz CT molecular complexity index is 520. The third kappa shape index (κ3) is 2.79. The van der Waals surface area contributed by atoms with E-state index in [0.717, 1.165) is 5.56 Å². The van der Waals surface area contributed by atoms with E-state index in [0.29, 0.717) is 19.4 Å². The summed E-state index contributed by atoms with van der Waals surface area (Å²) in [5.41, 5.74) is 1.01. The van der Waals surface area contributed by atoms with Gasteiger partial charge in [-0.3, -0.25) is 9.69 Å². The van der Waals surface area contributed by atoms with Gasteiger partial charge in [-0.2, -0.15) is 0 Å². The van der Waals surface area contributed by atoms with Crippen LogP contribution in [0, 0.1) is 0 Å². The molecule has 1 aromatic carbocycles. The number of benzene rings is 1. The fourth-order valence-corrected chi connectivity index (χ4v) is 3.65. The summed E-state index contributed by atoms with van der Waals surface area (Å²) in [5.74, 6) is -3.28. The molecule has 0 N–H and O–H groups in total. The first-order chi connectivity index (χ1) is 9.97. The normalized spacial score (nSPS) is 31.1. The Hall–Kier alpha value is -1.49. The molecule has 2 aliphatic heterocycles. The molecule has 2 bridgehead atoms. The Labute approximate surface area is 122 Å². The highest BCUT2D eigenvalue weighted by Gasteiger charge is 2.60. The molecule has 0 radical (unpaired) electrons. The summed E-state index contributed by atoms with van der Waals surface area (Å²) in [6.07, 6.45) is 0.328. The first kappa shape index (κ1) is 14.4. The Kier molecular flexibility index (Phi) is 3.69. The number of halogens is 2. The van der Waals surface area contributed by atoms with Crippen LogP contribution in [0.5, 0.6) is 0 Å². The van der Waals surface area contributed by atoms with E-state index >= 15 is 0 Å². The summed E-state index contributed by atoms with van der Waals surface area (Å²) in [5, 5.41) is 0. The van der Waals surface area contributed by atoms with E-state index in [9.17, 15) is 13.6 Å². The van der Waals surface area contributed by atoms with Crippen LogP contribution in [-0.4, -0.2) is 35.0 Å². The van der Waals surface area contributed by atoms with Crippen molar-refractivity contribution >= 4 is 5.97 Å². The summed E-state index contributed by atoms with van der Waals surface area (Å²) in [4.78, 5) is 13.0. The predicted molar refractivity (Wildman–Crippen MR) is 73.9 cm³/mol. The van der Waals surface area contributed by atoms with Gasteiger partial charge in [-0.15, -0.1) is 0 Å². The zero-order valence-electron chi connectivity index (χ0n) is 12.0. The number of fused-ring (bicyclic) bond motifs is 2. The van der Waals surface area contributed by atoms with Gasteiger partial charge in [-0.25, -0.2) is 8.78 Å². The van der Waals surface area contributed by atoms with Crippen LogP contribution in [0.3, 0.4) is 0 Å². The minimum atomic E-state index is -2.80. The average molecular weight is 295 g/mol. The molecule has 21 heavy (non-hydrogen) atoms. The number of hydrogen-bond donors (Lipinski definition) is 0. The Balaban J connectivity index is 1.84. The molecule has 3 unspecified atom stereocenters. The minimum Gasteiger partial charge on any atom is -0.461 e. The van der Waals surface area contributed by atoms with Gasteiger partial charge in [0.05, 0.1) is 0 Å². The highest BCUT2D eigenvalue weighted by Crippen LogP contribution is 2.47. The van der Waals surface area contributed by atoms with Crippen molar-refractivity contribution in [1.29, 1.82) is 0 Å². The fraction of sp³-hybridized carbons (Fsp3) is 0.562. The molecule has 114 valence electrons. The monoisotopic (exact) mass is 295 g/mol. The minimum absolute atomic E-state index is 0.128. The number of carbonyl (C=O) groups is 1. The number of ether oxygens (including phenoxy) is 1. The van der Waals surface area contributed by atoms with Crippen LogP contribution in [0.15, 0.2) is 30.3 Å². The van der Waals surface area contributed by atoms with Crippen molar-refractivity contribution in [1.82, 2.24) is 4.90 Å². The maximum Gasteiger partial charge on any atom is 0.302 e. The van der Waals surface area contributed by atoms with Gasteiger partial charge in [0.25, 0.3) is 5.92 Å². The van der Waals surface area contributed by atoms with Crippen LogP contribution in [0.25, 0.3) is 0 Å². The molecule has 5 heteroatoms. The maximum atomic E-state index is 14.3. The van der Waals surface area contributed by atoms with Gasteiger partial charge < -0.3 is 4.74 Å². The summed E-state index contributed by atoms with van der Waals surface area (Å²) >= 11 is 0. The van der Waals surface area contributed by atoms with Crippen LogP contribution in [0.2, 0.25) is 0 Å². The average Bonchev–Trinajstić information content (AvgIpc) is 2.58. The largest absolute Gasteiger partial charge is 0.461 e. The standard InChI is InChI=1S/C16H19F2NO2/c1-11(20)21-14-8-7-13-9-16(17,18)15(14)19(13)10-12-5-3-2-4-6-12/h2-6,13-15H,7-10H2,1H3. The number of alkyl halides is 2. The Morgan fingerprint density at radius 1 is 1.33 bits per heavy atom. The first-order valence-corrected chi connectivity index (χ1v) is 7.32. The quantitative estimate of drug-likeness (QED) is 0.803. The Morgan fingerprint density at radius 2 is 2.05 bits per heavy atom. The molecule has 0 aliphatic carbocycles. The molecule has 3 rings (SSSR count). The van der Waals surface area contributed by atoms with Crippen molar-refractivity contribution in [3.63, 3.8) is 0 Å². The van der Waals surface area contributed by atoms with Crippen molar-refractivity contribution in [3.05, 3.63) is 35.9 Å². The molecule has 3 atom stereocenters. The zero-order valence-corrected chi connectivity index (χ0v) is 12.0. The molecule has 2 fully saturated rings. The van der Waals surface area contributed by atoms with E-state index in [2.05, 4.69) is 0 Å². The van der Waals surface area contributed by atoms with E-state index < -0.39 is 24.0 Å². The number of nitrogens with zero attached hydrogens (tertiary/aromatic N) is 1. The van der Waals surface area contributed by atoms with Gasteiger partial charge in [0.1, 0.15) is 12.1 Å². The second-order valence-electron chi connectivity index (χ2n) is 5.95. The van der Waals surface area contributed by atoms with Crippen LogP contribution < -0.4 is 0 Å². The van der Waals surface area contributed by atoms with Crippen LogP contribution in [0.1, 0.15) is 31.7 Å². The molecule has 0 spiro atoms. The van der Waals surface area contributed by atoms with Crippen LogP contribution in [-0.2, 0) is 16.1 Å². The lowest BCUT2D eigenvalue weighted by atomic mass is 9.98. The molecule has 1 aromatic rings. The molecule has 0 amide bonds. The first-order valence-electron chi connectivity index (χ1n) is 7.32. The van der Waals surface area contributed by atoms with Crippen molar-refractivity contribution in [2.75, 3.05) is 0 Å². The molecule has 2 heterocycles. The lowest BCUT2D eigenvalue weighted by Crippen LogP contribution is -2.53. The number of esters is 1. The highest BCUT2D eigenvalue weighted by atomic mass is 19.3. The topological polar surface area (TPSA) is 29.5 Å². The Morgan fingerprint density at radius 3 is 2.71 bits per heavy atom. The zero-order chi connectivity index (χ0) is 15.0. The molecule has 2 aliphatic rings. The molecule has 3 nitrogen and oxygen atoms in total. The predicted octanol–water partition coefficient (Wildman–Crippen LogP) is 2.99. The molecule has 0 aromatic heterocycles. The third-order valence-corrected chi connectivity index (χ3v) is 4.43. The summed E-state index contributed by atoms with van der Waals surface area (Å²) in [6, 6.07) is 8.47. The van der Waals surface area contributed by atoms with Crippen molar-refractivity contribution in [2.24, 2.45) is 0 Å². The SMILES string of the molecule is CC(=O)OC1CCC2CC(F)(F)C1N2Cc1ccccc1. The lowest BCUT2D eigenvalue weighted by Gasteiger charge is -2.39. The van der Waals surface area contributed by atoms with Crippen molar-refractivity contribution < 1.29 is 18.3 Å². The summed E-state index contributed by atoms with van der Waals surface area (Å²) < 4.78 is 33.8. The van der Waals surface area contributed by atoms with E-state index in [-0.39, 0.29) is 12.5 Å². The lowest BCUT2D eigenvalue weighted by molar-refractivity contribution is -0.161. The third-order valence-electron chi connectivity index (χ3n) is 4.43. The van der Waals surface area contributed by atoms with E-state index in [1.165, 1.54) is 6.92 Å². The van der Waals surface area contributed by atoms with Gasteiger partial charge in [0, 0.05) is 25.9 Å². The van der Waals surface area contributed by atoms with Crippen molar-refractivity contribution in [3.8, 4) is 0 Å². The van der Waals surface area contributed by atoms with Crippen LogP contribution >= 0.6 is 0 Å². The molecular formula is C16H19F2NO2. The maximum absolute atomic E-state index is 14.3. The van der Waals surface area contributed by atoms with Gasteiger partial charge in [-0.05, 0) is 18.4 Å². The molecule has 0 saturated carbocycles. The van der Waals surface area contributed by atoms with Gasteiger partial charge >= 0.3 is 5.97 Å². The second-order valence-corrected chi connectivity index (χ2v) is 5.95. The van der Waals surface area contributed by atoms with E-state index in [4.69, 9.17) is 4.74 Å². The van der Waals surface area contributed by atoms with E-state index in [1.807, 2.05) is 35.2 Å². The van der Waals surface area contributed by atoms with Gasteiger partial charge in [0.15, 0.2) is 0 Å². The number of piperidine rings is 1. The fourth-order valence-electron chi connectivity index (χ4n) is 3.65. The van der Waals surface area contributed by atoms with Gasteiger partial charge in [-0.1, -0.05) is 30.3 Å². The number of rotatable bonds is 3. The van der Waals surface area contributed by atoms with E-state index in [1.54, 1.807) is 0 Å². The number of carbonyl (C=O) groups excluding carboxylic acids is 1. The smallest absolute Gasteiger partial charge is 0.302 e. The highest BCUT2D eigenvalue weighted by molar-refractivity contribution is 5.66. The summed E-state index contributed by atoms with van der Waals surface area (Å²) in [7, 11) is 0. The molecular weight excluding hydrogens is 276 g/mol. The summed E-state index contributed by atoms with van der Waals surface area (Å²) in [6.45, 7) is 1.75. The van der Waals surface area contributed by atoms with Gasteiger partial charge in [0.2, 0.25) is 0 Å². The number of hydrogen-bond acceptors (Lipinski definition) is 3. The molecule has 2 saturated heterocycles.